The molecule has 2 aromatic carbocycles. The van der Waals surface area contributed by atoms with Crippen molar-refractivity contribution in [2.24, 2.45) is 11.7 Å². The molecule has 0 bridgehead atoms. The van der Waals surface area contributed by atoms with Gasteiger partial charge in [0.2, 0.25) is 0 Å². The zero-order valence-electron chi connectivity index (χ0n) is 13.5. The van der Waals surface area contributed by atoms with Crippen LogP contribution in [-0.4, -0.2) is 12.5 Å². The summed E-state index contributed by atoms with van der Waals surface area (Å²) in [6.07, 6.45) is 0. The number of carbonyl (C=O) groups excluding carboxylic acids is 1. The lowest BCUT2D eigenvalue weighted by Crippen LogP contribution is -2.38. The SMILES string of the molecule is CC(C)C(N)c1ccc2c(c1)N(Cc1ccccc1)C(=O)CO2. The fraction of sp³-hybridized carbons (Fsp3) is 0.316. The number of carbonyl (C=O) groups is 1. The molecule has 1 unspecified atom stereocenters. The molecule has 0 fully saturated rings. The summed E-state index contributed by atoms with van der Waals surface area (Å²) in [5.41, 5.74) is 9.18. The van der Waals surface area contributed by atoms with Crippen LogP contribution in [0.5, 0.6) is 5.75 Å². The molecular weight excluding hydrogens is 288 g/mol. The van der Waals surface area contributed by atoms with Crippen molar-refractivity contribution in [3.05, 3.63) is 59.7 Å². The molecule has 0 aromatic heterocycles. The number of rotatable bonds is 4. The van der Waals surface area contributed by atoms with Gasteiger partial charge in [-0.25, -0.2) is 0 Å². The minimum absolute atomic E-state index is 0.0309. The molecule has 1 amide bonds. The van der Waals surface area contributed by atoms with Gasteiger partial charge in [0, 0.05) is 6.04 Å². The predicted molar refractivity (Wildman–Crippen MR) is 91.3 cm³/mol. The third-order valence-corrected chi connectivity index (χ3v) is 4.21. The van der Waals surface area contributed by atoms with E-state index in [1.807, 2.05) is 48.5 Å². The second kappa shape index (κ2) is 6.42. The second-order valence-corrected chi connectivity index (χ2v) is 6.25. The van der Waals surface area contributed by atoms with E-state index < -0.39 is 0 Å². The number of hydrogen-bond donors (Lipinski definition) is 1. The standard InChI is InChI=1S/C19H22N2O2/c1-13(2)19(20)15-8-9-17-16(10-15)21(18(22)12-23-17)11-14-6-4-3-5-7-14/h3-10,13,19H,11-12,20H2,1-2H3. The van der Waals surface area contributed by atoms with Gasteiger partial charge in [0.05, 0.1) is 12.2 Å². The molecule has 0 saturated carbocycles. The first-order valence-electron chi connectivity index (χ1n) is 7.93. The Labute approximate surface area is 136 Å². The Morgan fingerprint density at radius 1 is 1.17 bits per heavy atom. The van der Waals surface area contributed by atoms with Crippen molar-refractivity contribution in [2.75, 3.05) is 11.5 Å². The summed E-state index contributed by atoms with van der Waals surface area (Å²) in [6.45, 7) is 4.80. The van der Waals surface area contributed by atoms with E-state index in [0.29, 0.717) is 12.5 Å². The van der Waals surface area contributed by atoms with Crippen molar-refractivity contribution in [1.82, 2.24) is 0 Å². The van der Waals surface area contributed by atoms with Gasteiger partial charge < -0.3 is 15.4 Å². The molecule has 0 saturated heterocycles. The molecular formula is C19H22N2O2. The fourth-order valence-electron chi connectivity index (χ4n) is 2.75. The highest BCUT2D eigenvalue weighted by atomic mass is 16.5. The van der Waals surface area contributed by atoms with Gasteiger partial charge in [0.1, 0.15) is 5.75 Å². The smallest absolute Gasteiger partial charge is 0.265 e. The summed E-state index contributed by atoms with van der Waals surface area (Å²) in [5, 5.41) is 0. The summed E-state index contributed by atoms with van der Waals surface area (Å²) in [7, 11) is 0. The number of hydrogen-bond acceptors (Lipinski definition) is 3. The summed E-state index contributed by atoms with van der Waals surface area (Å²) in [6, 6.07) is 15.8. The molecule has 0 radical (unpaired) electrons. The molecule has 120 valence electrons. The van der Waals surface area contributed by atoms with E-state index in [-0.39, 0.29) is 18.6 Å². The van der Waals surface area contributed by atoms with E-state index in [2.05, 4.69) is 13.8 Å². The van der Waals surface area contributed by atoms with Gasteiger partial charge in [-0.1, -0.05) is 50.2 Å². The Morgan fingerprint density at radius 2 is 1.91 bits per heavy atom. The number of nitrogens with zero attached hydrogens (tertiary/aromatic N) is 1. The Kier molecular flexibility index (Phi) is 4.35. The van der Waals surface area contributed by atoms with Gasteiger partial charge in [-0.2, -0.15) is 0 Å². The highest BCUT2D eigenvalue weighted by Crippen LogP contribution is 2.36. The summed E-state index contributed by atoms with van der Waals surface area (Å²) < 4.78 is 5.57. The third kappa shape index (κ3) is 3.22. The lowest BCUT2D eigenvalue weighted by atomic mass is 9.96. The first-order valence-corrected chi connectivity index (χ1v) is 7.93. The maximum absolute atomic E-state index is 12.3. The van der Waals surface area contributed by atoms with Gasteiger partial charge >= 0.3 is 0 Å². The summed E-state index contributed by atoms with van der Waals surface area (Å²) in [5.74, 6) is 1.03. The van der Waals surface area contributed by atoms with Crippen molar-refractivity contribution < 1.29 is 9.53 Å². The van der Waals surface area contributed by atoms with Crippen LogP contribution in [0.4, 0.5) is 5.69 Å². The molecule has 23 heavy (non-hydrogen) atoms. The minimum atomic E-state index is -0.0593. The summed E-state index contributed by atoms with van der Waals surface area (Å²) in [4.78, 5) is 14.1. The lowest BCUT2D eigenvalue weighted by molar-refractivity contribution is -0.121. The zero-order valence-corrected chi connectivity index (χ0v) is 13.5. The van der Waals surface area contributed by atoms with E-state index in [1.165, 1.54) is 0 Å². The van der Waals surface area contributed by atoms with E-state index in [9.17, 15) is 4.79 Å². The molecule has 3 rings (SSSR count). The minimum Gasteiger partial charge on any atom is -0.482 e. The highest BCUT2D eigenvalue weighted by molar-refractivity contribution is 5.97. The van der Waals surface area contributed by atoms with Crippen LogP contribution in [0.25, 0.3) is 0 Å². The van der Waals surface area contributed by atoms with Crippen molar-refractivity contribution in [1.29, 1.82) is 0 Å². The van der Waals surface area contributed by atoms with Crippen LogP contribution in [0.1, 0.15) is 31.0 Å². The van der Waals surface area contributed by atoms with Crippen LogP contribution >= 0.6 is 0 Å². The van der Waals surface area contributed by atoms with Crippen LogP contribution < -0.4 is 15.4 Å². The molecule has 1 atom stereocenters. The number of amides is 1. The first-order chi connectivity index (χ1) is 11.1. The molecule has 1 aliphatic heterocycles. The lowest BCUT2D eigenvalue weighted by Gasteiger charge is -2.30. The number of ether oxygens (including phenoxy) is 1. The maximum atomic E-state index is 12.3. The van der Waals surface area contributed by atoms with Crippen LogP contribution in [0.2, 0.25) is 0 Å². The third-order valence-electron chi connectivity index (χ3n) is 4.21. The number of benzene rings is 2. The van der Waals surface area contributed by atoms with Crippen molar-refractivity contribution in [3.8, 4) is 5.75 Å². The molecule has 1 heterocycles. The fourth-order valence-corrected chi connectivity index (χ4v) is 2.75. The first kappa shape index (κ1) is 15.6. The van der Waals surface area contributed by atoms with E-state index in [0.717, 1.165) is 22.6 Å². The molecule has 4 nitrogen and oxygen atoms in total. The largest absolute Gasteiger partial charge is 0.482 e. The molecule has 1 aliphatic rings. The molecule has 0 aliphatic carbocycles. The van der Waals surface area contributed by atoms with Crippen LogP contribution in [0.3, 0.4) is 0 Å². The molecule has 4 heteroatoms. The quantitative estimate of drug-likeness (QED) is 0.943. The number of nitrogens with two attached hydrogens (primary N) is 1. The molecule has 2 N–H and O–H groups in total. The van der Waals surface area contributed by atoms with Crippen molar-refractivity contribution in [3.63, 3.8) is 0 Å². The zero-order chi connectivity index (χ0) is 16.4. The average Bonchev–Trinajstić information content (AvgIpc) is 2.57. The van der Waals surface area contributed by atoms with Gasteiger partial charge in [-0.15, -0.1) is 0 Å². The molecule has 0 spiro atoms. The Hall–Kier alpha value is -2.33. The summed E-state index contributed by atoms with van der Waals surface area (Å²) >= 11 is 0. The van der Waals surface area contributed by atoms with Gasteiger partial charge in [-0.05, 0) is 29.2 Å². The van der Waals surface area contributed by atoms with Gasteiger partial charge in [-0.3, -0.25) is 4.79 Å². The Bertz CT molecular complexity index is 698. The monoisotopic (exact) mass is 310 g/mol. The maximum Gasteiger partial charge on any atom is 0.265 e. The van der Waals surface area contributed by atoms with Crippen molar-refractivity contribution in [2.45, 2.75) is 26.4 Å². The second-order valence-electron chi connectivity index (χ2n) is 6.25. The van der Waals surface area contributed by atoms with Crippen LogP contribution in [-0.2, 0) is 11.3 Å². The van der Waals surface area contributed by atoms with Crippen molar-refractivity contribution >= 4 is 11.6 Å². The predicted octanol–water partition coefficient (Wildman–Crippen LogP) is 3.27. The van der Waals surface area contributed by atoms with Gasteiger partial charge in [0.25, 0.3) is 5.91 Å². The van der Waals surface area contributed by atoms with E-state index >= 15 is 0 Å². The molecule has 2 aromatic rings. The Morgan fingerprint density at radius 3 is 2.61 bits per heavy atom. The topological polar surface area (TPSA) is 55.6 Å². The van der Waals surface area contributed by atoms with Gasteiger partial charge in [0.15, 0.2) is 6.61 Å². The normalized spacial score (nSPS) is 15.3. The van der Waals surface area contributed by atoms with E-state index in [4.69, 9.17) is 10.5 Å². The van der Waals surface area contributed by atoms with Crippen LogP contribution in [0, 0.1) is 5.92 Å². The average molecular weight is 310 g/mol. The number of fused-ring (bicyclic) bond motifs is 1. The highest BCUT2D eigenvalue weighted by Gasteiger charge is 2.26. The van der Waals surface area contributed by atoms with E-state index in [1.54, 1.807) is 4.90 Å². The Balaban J connectivity index is 1.96. The van der Waals surface area contributed by atoms with Crippen LogP contribution in [0.15, 0.2) is 48.5 Å². The number of anilines is 1.